The summed E-state index contributed by atoms with van der Waals surface area (Å²) < 4.78 is 0. The van der Waals surface area contributed by atoms with Gasteiger partial charge in [0.25, 0.3) is 0 Å². The van der Waals surface area contributed by atoms with Crippen molar-refractivity contribution in [3.05, 3.63) is 0 Å². The van der Waals surface area contributed by atoms with E-state index in [-0.39, 0.29) is 155 Å². The van der Waals surface area contributed by atoms with Crippen molar-refractivity contribution in [2.75, 3.05) is 0 Å². The second-order valence-corrected chi connectivity index (χ2v) is 0. The predicted molar refractivity (Wildman–Crippen MR) is 28.8 cm³/mol. The van der Waals surface area contributed by atoms with Crippen molar-refractivity contribution in [1.29, 1.82) is 0 Å². The van der Waals surface area contributed by atoms with Gasteiger partial charge in [0.15, 0.2) is 0 Å². The normalized spacial score (nSPS) is 0. The average molecular weight is 279 g/mol. The Kier molecular flexibility index (Phi) is 231. The van der Waals surface area contributed by atoms with Crippen LogP contribution < -0.4 is 0 Å². The summed E-state index contributed by atoms with van der Waals surface area (Å²) in [5.41, 5.74) is 0. The Hall–Kier alpha value is 5.16. The first-order chi connectivity index (χ1) is 0. The quantitative estimate of drug-likeness (QED) is 0.454. The third-order valence-corrected chi connectivity index (χ3v) is 0. The maximum absolute atomic E-state index is 0. The molecule has 0 saturated heterocycles. The van der Waals surface area contributed by atoms with Crippen LogP contribution in [-0.4, -0.2) is 115 Å². The molecular formula is GdMg5. The Labute approximate surface area is 151 Å². The zero-order valence-electron chi connectivity index (χ0n) is 3.89. The van der Waals surface area contributed by atoms with Gasteiger partial charge in [0, 0.05) is 155 Å². The molecule has 0 unspecified atom stereocenters. The molecule has 0 fully saturated rings. The van der Waals surface area contributed by atoms with E-state index in [0.29, 0.717) is 0 Å². The van der Waals surface area contributed by atoms with Crippen LogP contribution in [0.4, 0.5) is 0 Å². The molecule has 0 aliphatic heterocycles. The molecule has 0 nitrogen and oxygen atoms in total. The molecule has 0 spiro atoms. The summed E-state index contributed by atoms with van der Waals surface area (Å²) in [6.45, 7) is 0. The van der Waals surface area contributed by atoms with Crippen LogP contribution in [0.25, 0.3) is 0 Å². The van der Waals surface area contributed by atoms with Gasteiger partial charge in [-0.2, -0.15) is 0 Å². The van der Waals surface area contributed by atoms with Crippen LogP contribution in [0.2, 0.25) is 0 Å². The Morgan fingerprint density at radius 1 is 0.333 bits per heavy atom. The summed E-state index contributed by atoms with van der Waals surface area (Å²) in [4.78, 5) is 0. The van der Waals surface area contributed by atoms with Crippen molar-refractivity contribution in [3.63, 3.8) is 0 Å². The van der Waals surface area contributed by atoms with Gasteiger partial charge in [-0.25, -0.2) is 0 Å². The minimum Gasteiger partial charge on any atom is 0 e. The first kappa shape index (κ1) is 43.3. The van der Waals surface area contributed by atoms with Crippen LogP contribution >= 0.6 is 0 Å². The first-order valence-electron chi connectivity index (χ1n) is 0. The molecule has 18 valence electrons. The molecule has 0 saturated carbocycles. The summed E-state index contributed by atoms with van der Waals surface area (Å²) >= 11 is 0. The molecule has 0 aromatic rings. The minimum atomic E-state index is 0. The number of hydrogen-bond acceptors (Lipinski definition) is 0. The van der Waals surface area contributed by atoms with E-state index in [0.717, 1.165) is 0 Å². The molecule has 0 bridgehead atoms. The summed E-state index contributed by atoms with van der Waals surface area (Å²) in [5.74, 6) is 0. The Morgan fingerprint density at radius 3 is 0.333 bits per heavy atom. The summed E-state index contributed by atoms with van der Waals surface area (Å²) in [6, 6.07) is 0. The number of rotatable bonds is 0. The zero-order valence-corrected chi connectivity index (χ0v) is 13.2. The van der Waals surface area contributed by atoms with Crippen LogP contribution in [0.15, 0.2) is 0 Å². The fourth-order valence-electron chi connectivity index (χ4n) is 0. The summed E-state index contributed by atoms with van der Waals surface area (Å²) in [5, 5.41) is 0. The molecule has 10 radical (unpaired) electrons. The van der Waals surface area contributed by atoms with Crippen molar-refractivity contribution < 1.29 is 39.9 Å². The molecule has 0 aliphatic rings. The van der Waals surface area contributed by atoms with Crippen molar-refractivity contribution in [1.82, 2.24) is 0 Å². The monoisotopic (exact) mass is 278 g/mol. The van der Waals surface area contributed by atoms with E-state index in [9.17, 15) is 0 Å². The minimum absolute atomic E-state index is 0. The van der Waals surface area contributed by atoms with E-state index in [2.05, 4.69) is 0 Å². The van der Waals surface area contributed by atoms with Crippen LogP contribution in [0.1, 0.15) is 0 Å². The van der Waals surface area contributed by atoms with Gasteiger partial charge < -0.3 is 0 Å². The van der Waals surface area contributed by atoms with Crippen molar-refractivity contribution in [2.24, 2.45) is 0 Å². The summed E-state index contributed by atoms with van der Waals surface area (Å²) in [7, 11) is 0. The maximum Gasteiger partial charge on any atom is 0 e. The van der Waals surface area contributed by atoms with Gasteiger partial charge in [0.2, 0.25) is 0 Å². The Morgan fingerprint density at radius 2 is 0.333 bits per heavy atom. The molecular weight excluding hydrogens is 279 g/mol. The molecule has 6 heteroatoms. The van der Waals surface area contributed by atoms with Crippen molar-refractivity contribution in [2.45, 2.75) is 0 Å². The SMILES string of the molecule is [Gd].[Mg].[Mg].[Mg].[Mg].[Mg]. The van der Waals surface area contributed by atoms with Crippen LogP contribution in [-0.2, 0) is 0 Å². The predicted octanol–water partition coefficient (Wildman–Crippen LogP) is -1.90. The molecule has 0 N–H and O–H groups in total. The third-order valence-electron chi connectivity index (χ3n) is 0. The Bertz CT molecular complexity index is 3.90. The molecule has 0 atom stereocenters. The largest absolute Gasteiger partial charge is 0 e. The fraction of sp³-hybridized carbons (Fsp3) is 0. The molecule has 0 heterocycles. The van der Waals surface area contributed by atoms with Gasteiger partial charge in [-0.1, -0.05) is 0 Å². The third kappa shape index (κ3) is 22.9. The van der Waals surface area contributed by atoms with Gasteiger partial charge in [-0.05, 0) is 0 Å². The van der Waals surface area contributed by atoms with Crippen LogP contribution in [0.3, 0.4) is 0 Å². The van der Waals surface area contributed by atoms with Crippen LogP contribution in [0.5, 0.6) is 0 Å². The fourth-order valence-corrected chi connectivity index (χ4v) is 0. The van der Waals surface area contributed by atoms with E-state index < -0.39 is 0 Å². The summed E-state index contributed by atoms with van der Waals surface area (Å²) in [6.07, 6.45) is 0. The molecule has 6 heavy (non-hydrogen) atoms. The van der Waals surface area contributed by atoms with E-state index in [1.807, 2.05) is 0 Å². The van der Waals surface area contributed by atoms with Crippen molar-refractivity contribution >= 4 is 115 Å². The standard InChI is InChI=1S/Gd.5Mg. The maximum atomic E-state index is 0. The number of hydrogen-bond donors (Lipinski definition) is 0. The molecule has 0 aliphatic carbocycles. The molecule has 0 aromatic carbocycles. The van der Waals surface area contributed by atoms with E-state index in [1.165, 1.54) is 0 Å². The second-order valence-electron chi connectivity index (χ2n) is 0. The first-order valence-corrected chi connectivity index (χ1v) is 0. The van der Waals surface area contributed by atoms with Gasteiger partial charge in [-0.15, -0.1) is 0 Å². The van der Waals surface area contributed by atoms with E-state index >= 15 is 0 Å². The van der Waals surface area contributed by atoms with Gasteiger partial charge in [0.1, 0.15) is 0 Å². The van der Waals surface area contributed by atoms with Crippen molar-refractivity contribution in [3.8, 4) is 0 Å². The smallest absolute Gasteiger partial charge is 0 e. The molecule has 0 rings (SSSR count). The zero-order chi connectivity index (χ0) is 0. The van der Waals surface area contributed by atoms with Crippen LogP contribution in [0, 0.1) is 39.9 Å². The van der Waals surface area contributed by atoms with E-state index in [1.54, 1.807) is 0 Å². The molecule has 0 aromatic heterocycles. The van der Waals surface area contributed by atoms with Gasteiger partial charge in [-0.3, -0.25) is 0 Å². The van der Waals surface area contributed by atoms with Gasteiger partial charge >= 0.3 is 0 Å². The van der Waals surface area contributed by atoms with Gasteiger partial charge in [0.05, 0.1) is 0 Å². The second kappa shape index (κ2) is 32.0. The molecule has 0 amide bonds. The topological polar surface area (TPSA) is 0 Å². The Balaban J connectivity index is 0. The van der Waals surface area contributed by atoms with E-state index in [4.69, 9.17) is 0 Å². The average Bonchev–Trinajstić information content (AvgIpc) is 0.